The van der Waals surface area contributed by atoms with Crippen molar-refractivity contribution in [3.05, 3.63) is 18.2 Å². The van der Waals surface area contributed by atoms with E-state index in [0.717, 1.165) is 24.0 Å². The summed E-state index contributed by atoms with van der Waals surface area (Å²) in [6, 6.07) is 6.80. The molecule has 2 rings (SSSR count). The molecule has 24 heavy (non-hydrogen) atoms. The lowest BCUT2D eigenvalue weighted by molar-refractivity contribution is 0.218. The maximum atomic E-state index is 6.00. The molecule has 0 amide bonds. The van der Waals surface area contributed by atoms with Gasteiger partial charge >= 0.3 is 0 Å². The van der Waals surface area contributed by atoms with Gasteiger partial charge in [0.1, 0.15) is 11.5 Å². The van der Waals surface area contributed by atoms with Gasteiger partial charge in [-0.2, -0.15) is 0 Å². The third kappa shape index (κ3) is 6.01. The molecular weight excluding hydrogens is 419 g/mol. The van der Waals surface area contributed by atoms with Crippen molar-refractivity contribution in [2.45, 2.75) is 38.8 Å². The zero-order valence-electron chi connectivity index (χ0n) is 14.9. The van der Waals surface area contributed by atoms with Crippen LogP contribution in [-0.4, -0.2) is 50.3 Å². The Labute approximate surface area is 161 Å². The van der Waals surface area contributed by atoms with Gasteiger partial charge < -0.3 is 20.5 Å². The van der Waals surface area contributed by atoms with Crippen LogP contribution in [0.3, 0.4) is 0 Å². The lowest BCUT2D eigenvalue weighted by Crippen LogP contribution is -2.35. The Morgan fingerprint density at radius 1 is 1.33 bits per heavy atom. The SMILES string of the molecule is COc1ccc(OC)c(NC(N)=NCCN(C(C)C)C2CC2)c1.I. The number of nitrogens with two attached hydrogens (primary N) is 1. The second-order valence-corrected chi connectivity index (χ2v) is 6.02. The van der Waals surface area contributed by atoms with Crippen molar-refractivity contribution in [1.29, 1.82) is 0 Å². The number of nitrogens with one attached hydrogen (secondary N) is 1. The Balaban J connectivity index is 0.00000288. The summed E-state index contributed by atoms with van der Waals surface area (Å²) < 4.78 is 10.5. The van der Waals surface area contributed by atoms with Crippen LogP contribution in [0.4, 0.5) is 5.69 Å². The fourth-order valence-electron chi connectivity index (χ4n) is 2.64. The Bertz CT molecular complexity index is 545. The average Bonchev–Trinajstić information content (AvgIpc) is 3.35. The molecular formula is C17H29IN4O2. The summed E-state index contributed by atoms with van der Waals surface area (Å²) >= 11 is 0. The minimum atomic E-state index is 0. The summed E-state index contributed by atoms with van der Waals surface area (Å²) in [5.74, 6) is 1.82. The van der Waals surface area contributed by atoms with Gasteiger partial charge in [0.05, 0.1) is 26.5 Å². The maximum Gasteiger partial charge on any atom is 0.193 e. The van der Waals surface area contributed by atoms with Gasteiger partial charge in [0.15, 0.2) is 5.96 Å². The number of nitrogens with zero attached hydrogens (tertiary/aromatic N) is 2. The third-order valence-corrected chi connectivity index (χ3v) is 3.99. The average molecular weight is 448 g/mol. The number of rotatable bonds is 8. The fraction of sp³-hybridized carbons (Fsp3) is 0.588. The van der Waals surface area contributed by atoms with Crippen molar-refractivity contribution in [2.75, 3.05) is 32.6 Å². The van der Waals surface area contributed by atoms with Crippen LogP contribution in [0, 0.1) is 0 Å². The minimum Gasteiger partial charge on any atom is -0.497 e. The van der Waals surface area contributed by atoms with E-state index in [2.05, 4.69) is 29.1 Å². The van der Waals surface area contributed by atoms with Crippen LogP contribution in [0.5, 0.6) is 11.5 Å². The first-order chi connectivity index (χ1) is 11.0. The van der Waals surface area contributed by atoms with Crippen molar-refractivity contribution >= 4 is 35.6 Å². The lowest BCUT2D eigenvalue weighted by Gasteiger charge is -2.25. The molecule has 1 aliphatic carbocycles. The van der Waals surface area contributed by atoms with Crippen molar-refractivity contribution in [1.82, 2.24) is 4.90 Å². The van der Waals surface area contributed by atoms with Crippen LogP contribution in [0.25, 0.3) is 0 Å². The van der Waals surface area contributed by atoms with E-state index in [9.17, 15) is 0 Å². The highest BCUT2D eigenvalue weighted by molar-refractivity contribution is 14.0. The van der Waals surface area contributed by atoms with Gasteiger partial charge in [-0.05, 0) is 38.8 Å². The molecule has 3 N–H and O–H groups in total. The highest BCUT2D eigenvalue weighted by atomic mass is 127. The van der Waals surface area contributed by atoms with E-state index >= 15 is 0 Å². The van der Waals surface area contributed by atoms with Crippen LogP contribution in [0.15, 0.2) is 23.2 Å². The van der Waals surface area contributed by atoms with Gasteiger partial charge in [0.2, 0.25) is 0 Å². The predicted octanol–water partition coefficient (Wildman–Crippen LogP) is 2.92. The Morgan fingerprint density at radius 2 is 2.04 bits per heavy atom. The van der Waals surface area contributed by atoms with Gasteiger partial charge in [-0.1, -0.05) is 0 Å². The minimum absolute atomic E-state index is 0. The second-order valence-electron chi connectivity index (χ2n) is 6.02. The molecule has 1 aliphatic rings. The molecule has 0 spiro atoms. The number of hydrogen-bond acceptors (Lipinski definition) is 4. The van der Waals surface area contributed by atoms with E-state index in [1.165, 1.54) is 12.8 Å². The molecule has 0 radical (unpaired) electrons. The monoisotopic (exact) mass is 448 g/mol. The molecule has 0 bridgehead atoms. The topological polar surface area (TPSA) is 72.1 Å². The standard InChI is InChI=1S/C17H28N4O2.HI/c1-12(2)21(13-5-6-13)10-9-19-17(18)20-15-11-14(22-3)7-8-16(15)23-4;/h7-8,11-13H,5-6,9-10H2,1-4H3,(H3,18,19,20);1H. The summed E-state index contributed by atoms with van der Waals surface area (Å²) in [5.41, 5.74) is 6.75. The molecule has 0 heterocycles. The van der Waals surface area contributed by atoms with Gasteiger partial charge in [-0.15, -0.1) is 24.0 Å². The number of guanidine groups is 1. The zero-order valence-corrected chi connectivity index (χ0v) is 17.2. The number of hydrogen-bond donors (Lipinski definition) is 2. The quantitative estimate of drug-likeness (QED) is 0.364. The Hall–Kier alpha value is -1.22. The highest BCUT2D eigenvalue weighted by Gasteiger charge is 2.29. The smallest absolute Gasteiger partial charge is 0.193 e. The summed E-state index contributed by atoms with van der Waals surface area (Å²) in [6.07, 6.45) is 2.60. The van der Waals surface area contributed by atoms with Crippen LogP contribution < -0.4 is 20.5 Å². The molecule has 6 nitrogen and oxygen atoms in total. The van der Waals surface area contributed by atoms with Crippen molar-refractivity contribution in [2.24, 2.45) is 10.7 Å². The number of ether oxygens (including phenoxy) is 2. The molecule has 0 aliphatic heterocycles. The molecule has 0 aromatic heterocycles. The molecule has 7 heteroatoms. The summed E-state index contributed by atoms with van der Waals surface area (Å²) in [6.45, 7) is 6.06. The van der Waals surface area contributed by atoms with Crippen LogP contribution in [-0.2, 0) is 0 Å². The molecule has 0 saturated heterocycles. The first-order valence-corrected chi connectivity index (χ1v) is 8.10. The molecule has 1 fully saturated rings. The summed E-state index contributed by atoms with van der Waals surface area (Å²) in [5, 5.41) is 3.09. The first kappa shape index (κ1) is 20.8. The fourth-order valence-corrected chi connectivity index (χ4v) is 2.64. The van der Waals surface area contributed by atoms with Crippen molar-refractivity contribution in [3.8, 4) is 11.5 Å². The normalized spacial score (nSPS) is 14.5. The number of anilines is 1. The number of halogens is 1. The van der Waals surface area contributed by atoms with Crippen molar-refractivity contribution < 1.29 is 9.47 Å². The van der Waals surface area contributed by atoms with Crippen LogP contribution >= 0.6 is 24.0 Å². The molecule has 0 atom stereocenters. The maximum absolute atomic E-state index is 6.00. The highest BCUT2D eigenvalue weighted by Crippen LogP contribution is 2.29. The Kier molecular flexibility index (Phi) is 8.61. The van der Waals surface area contributed by atoms with Crippen molar-refractivity contribution in [3.63, 3.8) is 0 Å². The third-order valence-electron chi connectivity index (χ3n) is 3.99. The predicted molar refractivity (Wildman–Crippen MR) is 110 cm³/mol. The van der Waals surface area contributed by atoms with Gasteiger partial charge in [-0.3, -0.25) is 9.89 Å². The summed E-state index contributed by atoms with van der Waals surface area (Å²) in [4.78, 5) is 6.92. The first-order valence-electron chi connectivity index (χ1n) is 8.10. The van der Waals surface area contributed by atoms with Gasteiger partial charge in [0, 0.05) is 24.7 Å². The molecule has 1 aromatic carbocycles. The van der Waals surface area contributed by atoms with Gasteiger partial charge in [-0.25, -0.2) is 0 Å². The van der Waals surface area contributed by atoms with E-state index in [0.29, 0.717) is 24.3 Å². The van der Waals surface area contributed by atoms with E-state index in [-0.39, 0.29) is 24.0 Å². The molecule has 136 valence electrons. The zero-order chi connectivity index (χ0) is 16.8. The lowest BCUT2D eigenvalue weighted by atomic mass is 10.2. The molecule has 1 aromatic rings. The second kappa shape index (κ2) is 9.93. The van der Waals surface area contributed by atoms with E-state index in [1.807, 2.05) is 18.2 Å². The number of aliphatic imine (C=N–C) groups is 1. The summed E-state index contributed by atoms with van der Waals surface area (Å²) in [7, 11) is 3.25. The van der Waals surface area contributed by atoms with E-state index in [1.54, 1.807) is 14.2 Å². The number of benzene rings is 1. The van der Waals surface area contributed by atoms with E-state index < -0.39 is 0 Å². The number of methoxy groups -OCH3 is 2. The molecule has 1 saturated carbocycles. The largest absolute Gasteiger partial charge is 0.497 e. The molecule has 0 unspecified atom stereocenters. The van der Waals surface area contributed by atoms with Crippen LogP contribution in [0.1, 0.15) is 26.7 Å². The Morgan fingerprint density at radius 3 is 2.58 bits per heavy atom. The van der Waals surface area contributed by atoms with Gasteiger partial charge in [0.25, 0.3) is 0 Å². The van der Waals surface area contributed by atoms with E-state index in [4.69, 9.17) is 15.2 Å². The van der Waals surface area contributed by atoms with Crippen LogP contribution in [0.2, 0.25) is 0 Å².